The SMILES string of the molecule is NS(=O)(=O)c1cccc(NC(=O)c2ccccc2SCC(=O)NC2CCCCCCC2)c1. The maximum atomic E-state index is 12.8. The van der Waals surface area contributed by atoms with E-state index in [1.54, 1.807) is 24.3 Å². The second-order valence-corrected chi connectivity index (χ2v) is 10.5. The van der Waals surface area contributed by atoms with E-state index in [2.05, 4.69) is 10.6 Å². The van der Waals surface area contributed by atoms with E-state index in [9.17, 15) is 18.0 Å². The molecule has 2 amide bonds. The average molecular weight is 476 g/mol. The third-order valence-corrected chi connectivity index (χ3v) is 7.37. The van der Waals surface area contributed by atoms with Crippen molar-refractivity contribution in [3.05, 3.63) is 54.1 Å². The summed E-state index contributed by atoms with van der Waals surface area (Å²) in [6.45, 7) is 0. The van der Waals surface area contributed by atoms with Crippen LogP contribution in [0, 0.1) is 0 Å². The Hall–Kier alpha value is -2.36. The Morgan fingerprint density at radius 1 is 0.969 bits per heavy atom. The van der Waals surface area contributed by atoms with Gasteiger partial charge in [0.25, 0.3) is 5.91 Å². The van der Waals surface area contributed by atoms with Crippen molar-refractivity contribution in [2.45, 2.75) is 60.8 Å². The van der Waals surface area contributed by atoms with Crippen LogP contribution in [0.15, 0.2) is 58.3 Å². The van der Waals surface area contributed by atoms with Crippen molar-refractivity contribution in [2.24, 2.45) is 5.14 Å². The number of benzene rings is 2. The number of primary sulfonamides is 1. The summed E-state index contributed by atoms with van der Waals surface area (Å²) < 4.78 is 23.1. The molecule has 0 saturated heterocycles. The summed E-state index contributed by atoms with van der Waals surface area (Å²) in [5.74, 6) is -0.196. The highest BCUT2D eigenvalue weighted by molar-refractivity contribution is 8.00. The quantitative estimate of drug-likeness (QED) is 0.525. The molecule has 4 N–H and O–H groups in total. The zero-order chi connectivity index (χ0) is 23.0. The lowest BCUT2D eigenvalue weighted by molar-refractivity contribution is -0.119. The molecule has 7 nitrogen and oxygen atoms in total. The Morgan fingerprint density at radius 2 is 1.66 bits per heavy atom. The molecule has 1 aliphatic carbocycles. The number of rotatable bonds is 7. The second-order valence-electron chi connectivity index (χ2n) is 7.92. The van der Waals surface area contributed by atoms with Crippen LogP contribution in [0.1, 0.15) is 55.3 Å². The lowest BCUT2D eigenvalue weighted by Crippen LogP contribution is -2.36. The Balaban J connectivity index is 1.61. The van der Waals surface area contributed by atoms with Gasteiger partial charge in [0.15, 0.2) is 0 Å². The monoisotopic (exact) mass is 475 g/mol. The maximum absolute atomic E-state index is 12.8. The molecule has 9 heteroatoms. The van der Waals surface area contributed by atoms with Crippen LogP contribution in [0.2, 0.25) is 0 Å². The summed E-state index contributed by atoms with van der Waals surface area (Å²) in [4.78, 5) is 25.9. The van der Waals surface area contributed by atoms with Gasteiger partial charge in [0.1, 0.15) is 0 Å². The third kappa shape index (κ3) is 7.36. The van der Waals surface area contributed by atoms with Crippen LogP contribution in [0.25, 0.3) is 0 Å². The molecule has 3 rings (SSSR count). The van der Waals surface area contributed by atoms with Gasteiger partial charge < -0.3 is 10.6 Å². The van der Waals surface area contributed by atoms with Gasteiger partial charge in [-0.15, -0.1) is 11.8 Å². The van der Waals surface area contributed by atoms with Gasteiger partial charge >= 0.3 is 0 Å². The predicted octanol–water partition coefficient (Wildman–Crippen LogP) is 3.91. The number of carbonyl (C=O) groups excluding carboxylic acids is 2. The molecule has 0 aliphatic heterocycles. The van der Waals surface area contributed by atoms with Crippen LogP contribution >= 0.6 is 11.8 Å². The number of carbonyl (C=O) groups is 2. The predicted molar refractivity (Wildman–Crippen MR) is 127 cm³/mol. The van der Waals surface area contributed by atoms with E-state index in [0.29, 0.717) is 16.1 Å². The number of sulfonamides is 1. The van der Waals surface area contributed by atoms with Crippen molar-refractivity contribution in [1.29, 1.82) is 0 Å². The first kappa shape index (κ1) is 24.3. The van der Waals surface area contributed by atoms with Crippen molar-refractivity contribution in [2.75, 3.05) is 11.1 Å². The van der Waals surface area contributed by atoms with Gasteiger partial charge in [-0.3, -0.25) is 9.59 Å². The van der Waals surface area contributed by atoms with E-state index < -0.39 is 10.0 Å². The highest BCUT2D eigenvalue weighted by Crippen LogP contribution is 2.24. The van der Waals surface area contributed by atoms with E-state index in [1.807, 2.05) is 6.07 Å². The van der Waals surface area contributed by atoms with Crippen LogP contribution in [0.5, 0.6) is 0 Å². The van der Waals surface area contributed by atoms with Crippen molar-refractivity contribution in [1.82, 2.24) is 5.32 Å². The number of nitrogens with two attached hydrogens (primary N) is 1. The zero-order valence-corrected chi connectivity index (χ0v) is 19.5. The summed E-state index contributed by atoms with van der Waals surface area (Å²) in [7, 11) is -3.87. The number of hydrogen-bond acceptors (Lipinski definition) is 5. The minimum absolute atomic E-state index is 0.0309. The van der Waals surface area contributed by atoms with E-state index in [-0.39, 0.29) is 28.5 Å². The van der Waals surface area contributed by atoms with E-state index >= 15 is 0 Å². The maximum Gasteiger partial charge on any atom is 0.256 e. The van der Waals surface area contributed by atoms with Gasteiger partial charge in [-0.25, -0.2) is 13.6 Å². The van der Waals surface area contributed by atoms with E-state index in [4.69, 9.17) is 5.14 Å². The summed E-state index contributed by atoms with van der Waals surface area (Å²) in [5.41, 5.74) is 0.737. The van der Waals surface area contributed by atoms with Crippen LogP contribution in [0.3, 0.4) is 0 Å². The van der Waals surface area contributed by atoms with Crippen molar-refractivity contribution >= 4 is 39.3 Å². The highest BCUT2D eigenvalue weighted by Gasteiger charge is 2.17. The fourth-order valence-electron chi connectivity index (χ4n) is 3.74. The Bertz CT molecular complexity index is 1050. The number of anilines is 1. The molecule has 2 aromatic rings. The summed E-state index contributed by atoms with van der Waals surface area (Å²) in [5, 5.41) is 11.0. The summed E-state index contributed by atoms with van der Waals surface area (Å²) >= 11 is 1.31. The topological polar surface area (TPSA) is 118 Å². The van der Waals surface area contributed by atoms with Gasteiger partial charge in [0.2, 0.25) is 15.9 Å². The molecule has 1 fully saturated rings. The van der Waals surface area contributed by atoms with Crippen LogP contribution in [-0.2, 0) is 14.8 Å². The van der Waals surface area contributed by atoms with Crippen molar-refractivity contribution in [3.63, 3.8) is 0 Å². The molecule has 0 radical (unpaired) electrons. The van der Waals surface area contributed by atoms with Gasteiger partial charge in [-0.1, -0.05) is 50.3 Å². The van der Waals surface area contributed by atoms with Crippen molar-refractivity contribution in [3.8, 4) is 0 Å². The molecular formula is C23H29N3O4S2. The van der Waals surface area contributed by atoms with Gasteiger partial charge in [0.05, 0.1) is 16.2 Å². The molecule has 32 heavy (non-hydrogen) atoms. The van der Waals surface area contributed by atoms with Crippen molar-refractivity contribution < 1.29 is 18.0 Å². The highest BCUT2D eigenvalue weighted by atomic mass is 32.2. The minimum atomic E-state index is -3.87. The smallest absolute Gasteiger partial charge is 0.256 e. The molecule has 2 aromatic carbocycles. The molecule has 1 aliphatic rings. The minimum Gasteiger partial charge on any atom is -0.353 e. The lowest BCUT2D eigenvalue weighted by Gasteiger charge is -2.21. The van der Waals surface area contributed by atoms with Gasteiger partial charge in [-0.2, -0.15) is 0 Å². The molecule has 172 valence electrons. The number of amides is 2. The van der Waals surface area contributed by atoms with Gasteiger partial charge in [0, 0.05) is 16.6 Å². The molecule has 0 heterocycles. The van der Waals surface area contributed by atoms with Gasteiger partial charge in [-0.05, 0) is 43.2 Å². The number of nitrogens with one attached hydrogen (secondary N) is 2. The number of thioether (sulfide) groups is 1. The van der Waals surface area contributed by atoms with Crippen LogP contribution in [-0.4, -0.2) is 32.0 Å². The fourth-order valence-corrected chi connectivity index (χ4v) is 5.16. The Labute approximate surface area is 193 Å². The zero-order valence-electron chi connectivity index (χ0n) is 17.9. The van der Waals surface area contributed by atoms with E-state index in [0.717, 1.165) is 25.7 Å². The normalized spacial score (nSPS) is 15.4. The molecule has 0 aromatic heterocycles. The lowest BCUT2D eigenvalue weighted by atomic mass is 9.97. The van der Waals surface area contributed by atoms with E-state index in [1.165, 1.54) is 49.2 Å². The average Bonchev–Trinajstić information content (AvgIpc) is 2.74. The standard InChI is InChI=1S/C23H29N3O4S2/c24-32(29,30)19-12-8-11-18(15-19)26-23(28)20-13-6-7-14-21(20)31-16-22(27)25-17-9-4-2-1-3-5-10-17/h6-8,11-15,17H,1-5,9-10,16H2,(H,25,27)(H,26,28)(H2,24,29,30). The Morgan fingerprint density at radius 3 is 2.38 bits per heavy atom. The first-order valence-electron chi connectivity index (χ1n) is 10.8. The third-order valence-electron chi connectivity index (χ3n) is 5.38. The molecular weight excluding hydrogens is 446 g/mol. The molecule has 0 unspecified atom stereocenters. The molecule has 1 saturated carbocycles. The fraction of sp³-hybridized carbons (Fsp3) is 0.391. The number of hydrogen-bond donors (Lipinski definition) is 3. The van der Waals surface area contributed by atoms with Crippen LogP contribution < -0.4 is 15.8 Å². The Kier molecular flexibility index (Phi) is 8.72. The summed E-state index contributed by atoms with van der Waals surface area (Å²) in [6.07, 6.45) is 8.07. The second kappa shape index (κ2) is 11.5. The first-order chi connectivity index (χ1) is 15.3. The molecule has 0 bridgehead atoms. The largest absolute Gasteiger partial charge is 0.353 e. The first-order valence-corrected chi connectivity index (χ1v) is 13.3. The summed E-state index contributed by atoms with van der Waals surface area (Å²) in [6, 6.07) is 13.0. The van der Waals surface area contributed by atoms with Crippen LogP contribution in [0.4, 0.5) is 5.69 Å². The molecule has 0 atom stereocenters. The molecule has 0 spiro atoms.